The summed E-state index contributed by atoms with van der Waals surface area (Å²) in [6, 6.07) is 9.45. The minimum absolute atomic E-state index is 0.145. The Labute approximate surface area is 110 Å². The number of hydrogen-bond acceptors (Lipinski definition) is 1. The number of hydrogen-bond donors (Lipinski definition) is 1. The first-order chi connectivity index (χ1) is 8.25. The van der Waals surface area contributed by atoms with Gasteiger partial charge in [0, 0.05) is 10.0 Å². The van der Waals surface area contributed by atoms with Crippen molar-refractivity contribution in [3.63, 3.8) is 0 Å². The maximum absolute atomic E-state index is 12.9. The molecule has 1 nitrogen and oxygen atoms in total. The van der Waals surface area contributed by atoms with E-state index in [2.05, 4.69) is 15.9 Å². The SMILES string of the molecule is CC(O)(c1ccc(Br)c2ccccc12)C(F)(F)F. The first kappa shape index (κ1) is 13.4. The quantitative estimate of drug-likeness (QED) is 0.827. The van der Waals surface area contributed by atoms with Crippen LogP contribution in [0.5, 0.6) is 0 Å². The molecule has 2 aromatic rings. The van der Waals surface area contributed by atoms with Crippen molar-refractivity contribution < 1.29 is 18.3 Å². The van der Waals surface area contributed by atoms with Crippen LogP contribution in [0.1, 0.15) is 12.5 Å². The van der Waals surface area contributed by atoms with Crippen molar-refractivity contribution >= 4 is 26.7 Å². The number of alkyl halides is 3. The minimum Gasteiger partial charge on any atom is -0.376 e. The molecule has 1 N–H and O–H groups in total. The van der Waals surface area contributed by atoms with E-state index >= 15 is 0 Å². The third-order valence-electron chi connectivity index (χ3n) is 2.95. The van der Waals surface area contributed by atoms with Crippen molar-refractivity contribution in [3.8, 4) is 0 Å². The monoisotopic (exact) mass is 318 g/mol. The van der Waals surface area contributed by atoms with Crippen LogP contribution in [-0.2, 0) is 5.60 Å². The lowest BCUT2D eigenvalue weighted by Crippen LogP contribution is -2.39. The molecule has 5 heteroatoms. The van der Waals surface area contributed by atoms with Gasteiger partial charge < -0.3 is 5.11 Å². The van der Waals surface area contributed by atoms with Crippen molar-refractivity contribution in [3.05, 3.63) is 46.4 Å². The van der Waals surface area contributed by atoms with E-state index in [1.54, 1.807) is 24.3 Å². The zero-order chi connectivity index (χ0) is 13.6. The van der Waals surface area contributed by atoms with Crippen LogP contribution in [0.25, 0.3) is 10.8 Å². The summed E-state index contributed by atoms with van der Waals surface area (Å²) in [5.74, 6) is 0. The molecule has 0 heterocycles. The lowest BCUT2D eigenvalue weighted by molar-refractivity contribution is -0.258. The third-order valence-corrected chi connectivity index (χ3v) is 3.64. The highest BCUT2D eigenvalue weighted by Crippen LogP contribution is 2.42. The second kappa shape index (κ2) is 4.24. The number of aliphatic hydroxyl groups is 1. The molecule has 0 aromatic heterocycles. The highest BCUT2D eigenvalue weighted by Gasteiger charge is 2.51. The molecule has 0 fully saturated rings. The van der Waals surface area contributed by atoms with Gasteiger partial charge in [0.05, 0.1) is 0 Å². The fraction of sp³-hybridized carbons (Fsp3) is 0.231. The van der Waals surface area contributed by atoms with Gasteiger partial charge >= 0.3 is 6.18 Å². The molecule has 2 rings (SSSR count). The molecule has 18 heavy (non-hydrogen) atoms. The van der Waals surface area contributed by atoms with Crippen LogP contribution < -0.4 is 0 Å². The van der Waals surface area contributed by atoms with E-state index in [4.69, 9.17) is 0 Å². The van der Waals surface area contributed by atoms with Crippen molar-refractivity contribution in [2.24, 2.45) is 0 Å². The molecule has 0 amide bonds. The van der Waals surface area contributed by atoms with Gasteiger partial charge in [-0.15, -0.1) is 0 Å². The minimum atomic E-state index is -4.72. The predicted molar refractivity (Wildman–Crippen MR) is 67.3 cm³/mol. The Morgan fingerprint density at radius 3 is 2.11 bits per heavy atom. The molecule has 0 aliphatic carbocycles. The van der Waals surface area contributed by atoms with Crippen molar-refractivity contribution in [2.75, 3.05) is 0 Å². The van der Waals surface area contributed by atoms with Gasteiger partial charge in [0.1, 0.15) is 0 Å². The summed E-state index contributed by atoms with van der Waals surface area (Å²) < 4.78 is 39.4. The largest absolute Gasteiger partial charge is 0.421 e. The van der Waals surface area contributed by atoms with Crippen LogP contribution >= 0.6 is 15.9 Å². The van der Waals surface area contributed by atoms with Gasteiger partial charge in [0.2, 0.25) is 0 Å². The summed E-state index contributed by atoms with van der Waals surface area (Å²) in [4.78, 5) is 0. The van der Waals surface area contributed by atoms with Gasteiger partial charge in [0.15, 0.2) is 5.60 Å². The molecule has 96 valence electrons. The number of fused-ring (bicyclic) bond motifs is 1. The van der Waals surface area contributed by atoms with Crippen LogP contribution in [0.15, 0.2) is 40.9 Å². The Balaban J connectivity index is 2.78. The third kappa shape index (κ3) is 2.01. The lowest BCUT2D eigenvalue weighted by atomic mass is 9.90. The Morgan fingerprint density at radius 2 is 1.56 bits per heavy atom. The van der Waals surface area contributed by atoms with Crippen molar-refractivity contribution in [1.82, 2.24) is 0 Å². The normalized spacial score (nSPS) is 15.7. The van der Waals surface area contributed by atoms with Gasteiger partial charge in [-0.3, -0.25) is 0 Å². The lowest BCUT2D eigenvalue weighted by Gasteiger charge is -2.28. The zero-order valence-electron chi connectivity index (χ0n) is 9.42. The van der Waals surface area contributed by atoms with E-state index in [0.717, 1.165) is 6.92 Å². The fourth-order valence-corrected chi connectivity index (χ4v) is 2.32. The van der Waals surface area contributed by atoms with Gasteiger partial charge in [-0.1, -0.05) is 46.3 Å². The molecule has 0 spiro atoms. The summed E-state index contributed by atoms with van der Waals surface area (Å²) in [5.41, 5.74) is -3.01. The zero-order valence-corrected chi connectivity index (χ0v) is 11.0. The first-order valence-corrected chi connectivity index (χ1v) is 6.01. The molecular weight excluding hydrogens is 309 g/mol. The molecule has 0 radical (unpaired) electrons. The smallest absolute Gasteiger partial charge is 0.376 e. The number of halogens is 4. The maximum atomic E-state index is 12.9. The topological polar surface area (TPSA) is 20.2 Å². The Morgan fingerprint density at radius 1 is 1.00 bits per heavy atom. The van der Waals surface area contributed by atoms with Gasteiger partial charge in [-0.25, -0.2) is 0 Å². The average molecular weight is 319 g/mol. The van der Waals surface area contributed by atoms with Crippen molar-refractivity contribution in [1.29, 1.82) is 0 Å². The van der Waals surface area contributed by atoms with Crippen LogP contribution in [0, 0.1) is 0 Å². The molecule has 1 unspecified atom stereocenters. The van der Waals surface area contributed by atoms with E-state index in [9.17, 15) is 18.3 Å². The molecule has 1 atom stereocenters. The Kier molecular flexibility index (Phi) is 3.15. The standard InChI is InChI=1S/C13H10BrF3O/c1-12(18,13(15,16)17)10-6-7-11(14)9-5-3-2-4-8(9)10/h2-7,18H,1H3. The van der Waals surface area contributed by atoms with Crippen molar-refractivity contribution in [2.45, 2.75) is 18.7 Å². The molecule has 0 bridgehead atoms. The molecule has 0 saturated carbocycles. The maximum Gasteiger partial charge on any atom is 0.421 e. The van der Waals surface area contributed by atoms with Crippen LogP contribution in [0.2, 0.25) is 0 Å². The summed E-state index contributed by atoms with van der Waals surface area (Å²) >= 11 is 3.29. The first-order valence-electron chi connectivity index (χ1n) is 5.22. The second-order valence-electron chi connectivity index (χ2n) is 4.21. The highest BCUT2D eigenvalue weighted by molar-refractivity contribution is 9.10. The molecule has 0 saturated heterocycles. The van der Waals surface area contributed by atoms with Gasteiger partial charge in [-0.2, -0.15) is 13.2 Å². The summed E-state index contributed by atoms with van der Waals surface area (Å²) in [7, 11) is 0. The Hall–Kier alpha value is -1.07. The van der Waals surface area contributed by atoms with E-state index in [-0.39, 0.29) is 5.56 Å². The van der Waals surface area contributed by atoms with E-state index < -0.39 is 11.8 Å². The Bertz CT molecular complexity index is 590. The van der Waals surface area contributed by atoms with E-state index in [0.29, 0.717) is 15.2 Å². The van der Waals surface area contributed by atoms with E-state index in [1.165, 1.54) is 12.1 Å². The second-order valence-corrected chi connectivity index (χ2v) is 5.06. The summed E-state index contributed by atoms with van der Waals surface area (Å²) in [5, 5.41) is 10.8. The van der Waals surface area contributed by atoms with E-state index in [1.807, 2.05) is 0 Å². The molecule has 2 aromatic carbocycles. The van der Waals surface area contributed by atoms with Gasteiger partial charge in [-0.05, 0) is 23.8 Å². The highest BCUT2D eigenvalue weighted by atomic mass is 79.9. The average Bonchev–Trinajstić information content (AvgIpc) is 2.28. The molecule has 0 aliphatic heterocycles. The molecule has 0 aliphatic rings. The number of benzene rings is 2. The summed E-state index contributed by atoms with van der Waals surface area (Å²) in [6.45, 7) is 0.767. The fourth-order valence-electron chi connectivity index (χ4n) is 1.84. The summed E-state index contributed by atoms with van der Waals surface area (Å²) in [6.07, 6.45) is -4.72. The van der Waals surface area contributed by atoms with Gasteiger partial charge in [0.25, 0.3) is 0 Å². The van der Waals surface area contributed by atoms with Crippen LogP contribution in [0.4, 0.5) is 13.2 Å². The predicted octanol–water partition coefficient (Wildman–Crippen LogP) is 4.37. The van der Waals surface area contributed by atoms with Crippen LogP contribution in [-0.4, -0.2) is 11.3 Å². The van der Waals surface area contributed by atoms with Crippen LogP contribution in [0.3, 0.4) is 0 Å². The molecular formula is C13H10BrF3O. The number of rotatable bonds is 1.